The minimum Gasteiger partial charge on any atom is -0.496 e. The molecule has 0 amide bonds. The Morgan fingerprint density at radius 3 is 2.21 bits per heavy atom. The molecule has 0 unspecified atom stereocenters. The number of carbonyl (C=O) groups is 1. The van der Waals surface area contributed by atoms with E-state index in [0.717, 1.165) is 5.56 Å². The summed E-state index contributed by atoms with van der Waals surface area (Å²) in [7, 11) is 3.13. The van der Waals surface area contributed by atoms with Gasteiger partial charge in [-0.05, 0) is 24.3 Å². The third-order valence-electron chi connectivity index (χ3n) is 2.84. The minimum absolute atomic E-state index is 0.210. The lowest BCUT2D eigenvalue weighted by atomic mass is 10.0. The van der Waals surface area contributed by atoms with E-state index in [2.05, 4.69) is 0 Å². The van der Waals surface area contributed by atoms with Crippen molar-refractivity contribution in [2.75, 3.05) is 14.2 Å². The standard InChI is InChI=1S/C15H14O4/c1-18-13-6-4-3-5-11(13)12-9-10(15(16)17)7-8-14(12)19-2/h3-9H,1-2H3,(H,16,17). The van der Waals surface area contributed by atoms with Gasteiger partial charge in [0, 0.05) is 11.1 Å². The van der Waals surface area contributed by atoms with Crippen LogP contribution in [0.2, 0.25) is 0 Å². The Labute approximate surface area is 111 Å². The van der Waals surface area contributed by atoms with Crippen LogP contribution in [0.3, 0.4) is 0 Å². The Balaban J connectivity index is 2.65. The Morgan fingerprint density at radius 1 is 0.947 bits per heavy atom. The van der Waals surface area contributed by atoms with Crippen molar-refractivity contribution in [3.8, 4) is 22.6 Å². The Bertz CT molecular complexity index is 605. The van der Waals surface area contributed by atoms with Crippen LogP contribution in [-0.2, 0) is 0 Å². The summed E-state index contributed by atoms with van der Waals surface area (Å²) in [6, 6.07) is 12.1. The van der Waals surface area contributed by atoms with Gasteiger partial charge in [0.25, 0.3) is 0 Å². The number of ether oxygens (including phenoxy) is 2. The molecule has 0 saturated carbocycles. The first-order valence-electron chi connectivity index (χ1n) is 5.72. The Kier molecular flexibility index (Phi) is 3.71. The van der Waals surface area contributed by atoms with Crippen LogP contribution in [0.5, 0.6) is 11.5 Å². The summed E-state index contributed by atoms with van der Waals surface area (Å²) in [5.74, 6) is 0.302. The summed E-state index contributed by atoms with van der Waals surface area (Å²) >= 11 is 0. The van der Waals surface area contributed by atoms with Gasteiger partial charge in [-0.25, -0.2) is 4.79 Å². The van der Waals surface area contributed by atoms with E-state index in [1.807, 2.05) is 24.3 Å². The average molecular weight is 258 g/mol. The van der Waals surface area contributed by atoms with E-state index in [4.69, 9.17) is 14.6 Å². The van der Waals surface area contributed by atoms with E-state index in [9.17, 15) is 4.79 Å². The van der Waals surface area contributed by atoms with Crippen LogP contribution in [0.25, 0.3) is 11.1 Å². The van der Waals surface area contributed by atoms with Gasteiger partial charge in [0.1, 0.15) is 11.5 Å². The summed E-state index contributed by atoms with van der Waals surface area (Å²) in [4.78, 5) is 11.1. The maximum atomic E-state index is 11.1. The van der Waals surface area contributed by atoms with Crippen LogP contribution in [0.4, 0.5) is 0 Å². The molecule has 19 heavy (non-hydrogen) atoms. The van der Waals surface area contributed by atoms with E-state index in [0.29, 0.717) is 17.1 Å². The SMILES string of the molecule is COc1ccccc1-c1cc(C(=O)O)ccc1OC. The van der Waals surface area contributed by atoms with Crippen molar-refractivity contribution in [1.82, 2.24) is 0 Å². The molecule has 0 radical (unpaired) electrons. The smallest absolute Gasteiger partial charge is 0.335 e. The maximum absolute atomic E-state index is 11.1. The lowest BCUT2D eigenvalue weighted by molar-refractivity contribution is 0.0697. The van der Waals surface area contributed by atoms with E-state index in [-0.39, 0.29) is 5.56 Å². The normalized spacial score (nSPS) is 10.0. The molecule has 2 aromatic rings. The molecule has 2 aromatic carbocycles. The summed E-state index contributed by atoms with van der Waals surface area (Å²) in [5.41, 5.74) is 1.70. The number of benzene rings is 2. The number of hydrogen-bond donors (Lipinski definition) is 1. The van der Waals surface area contributed by atoms with Crippen LogP contribution < -0.4 is 9.47 Å². The van der Waals surface area contributed by atoms with Crippen LogP contribution >= 0.6 is 0 Å². The molecule has 0 fully saturated rings. The van der Waals surface area contributed by atoms with Crippen molar-refractivity contribution >= 4 is 5.97 Å². The lowest BCUT2D eigenvalue weighted by Gasteiger charge is -2.12. The van der Waals surface area contributed by atoms with Gasteiger partial charge in [-0.1, -0.05) is 18.2 Å². The number of para-hydroxylation sites is 1. The molecule has 0 spiro atoms. The molecule has 4 nitrogen and oxygen atoms in total. The van der Waals surface area contributed by atoms with Crippen LogP contribution in [0.15, 0.2) is 42.5 Å². The quantitative estimate of drug-likeness (QED) is 0.915. The van der Waals surface area contributed by atoms with Crippen molar-refractivity contribution in [3.63, 3.8) is 0 Å². The Morgan fingerprint density at radius 2 is 1.58 bits per heavy atom. The summed E-state index contributed by atoms with van der Waals surface area (Å²) in [6.45, 7) is 0. The monoisotopic (exact) mass is 258 g/mol. The molecular formula is C15H14O4. The molecule has 4 heteroatoms. The second-order valence-electron chi connectivity index (χ2n) is 3.92. The lowest BCUT2D eigenvalue weighted by Crippen LogP contribution is -1.98. The minimum atomic E-state index is -0.973. The zero-order valence-electron chi connectivity index (χ0n) is 10.7. The highest BCUT2D eigenvalue weighted by Gasteiger charge is 2.13. The van der Waals surface area contributed by atoms with Crippen molar-refractivity contribution in [3.05, 3.63) is 48.0 Å². The zero-order chi connectivity index (χ0) is 13.8. The van der Waals surface area contributed by atoms with Gasteiger partial charge < -0.3 is 14.6 Å². The highest BCUT2D eigenvalue weighted by atomic mass is 16.5. The molecule has 0 aliphatic rings. The topological polar surface area (TPSA) is 55.8 Å². The molecule has 0 atom stereocenters. The third-order valence-corrected chi connectivity index (χ3v) is 2.84. The van der Waals surface area contributed by atoms with Gasteiger partial charge in [-0.15, -0.1) is 0 Å². The van der Waals surface area contributed by atoms with Crippen molar-refractivity contribution in [2.45, 2.75) is 0 Å². The first-order valence-corrected chi connectivity index (χ1v) is 5.72. The van der Waals surface area contributed by atoms with Gasteiger partial charge in [0.15, 0.2) is 0 Å². The second kappa shape index (κ2) is 5.44. The summed E-state index contributed by atoms with van der Waals surface area (Å²) < 4.78 is 10.6. The Hall–Kier alpha value is -2.49. The molecule has 0 heterocycles. The molecule has 0 aromatic heterocycles. The number of hydrogen-bond acceptors (Lipinski definition) is 3. The fourth-order valence-corrected chi connectivity index (χ4v) is 1.92. The number of rotatable bonds is 4. The first kappa shape index (κ1) is 13.0. The zero-order valence-corrected chi connectivity index (χ0v) is 10.7. The van der Waals surface area contributed by atoms with E-state index in [1.165, 1.54) is 6.07 Å². The van der Waals surface area contributed by atoms with Crippen LogP contribution in [0.1, 0.15) is 10.4 Å². The molecule has 2 rings (SSSR count). The van der Waals surface area contributed by atoms with Gasteiger partial charge in [-0.2, -0.15) is 0 Å². The molecule has 0 aliphatic heterocycles. The molecular weight excluding hydrogens is 244 g/mol. The van der Waals surface area contributed by atoms with E-state index in [1.54, 1.807) is 26.4 Å². The number of carboxylic acids is 1. The van der Waals surface area contributed by atoms with Crippen molar-refractivity contribution in [1.29, 1.82) is 0 Å². The molecule has 0 aliphatic carbocycles. The fraction of sp³-hybridized carbons (Fsp3) is 0.133. The van der Waals surface area contributed by atoms with Gasteiger partial charge in [-0.3, -0.25) is 0 Å². The molecule has 0 bridgehead atoms. The summed E-state index contributed by atoms with van der Waals surface area (Å²) in [6.07, 6.45) is 0. The van der Waals surface area contributed by atoms with E-state index < -0.39 is 5.97 Å². The second-order valence-corrected chi connectivity index (χ2v) is 3.92. The average Bonchev–Trinajstić information content (AvgIpc) is 2.46. The van der Waals surface area contributed by atoms with Gasteiger partial charge in [0.2, 0.25) is 0 Å². The number of methoxy groups -OCH3 is 2. The van der Waals surface area contributed by atoms with Crippen molar-refractivity contribution in [2.24, 2.45) is 0 Å². The van der Waals surface area contributed by atoms with E-state index >= 15 is 0 Å². The molecule has 0 saturated heterocycles. The van der Waals surface area contributed by atoms with Crippen LogP contribution in [0, 0.1) is 0 Å². The van der Waals surface area contributed by atoms with Crippen LogP contribution in [-0.4, -0.2) is 25.3 Å². The van der Waals surface area contributed by atoms with Gasteiger partial charge >= 0.3 is 5.97 Å². The first-order chi connectivity index (χ1) is 9.17. The molecule has 1 N–H and O–H groups in total. The largest absolute Gasteiger partial charge is 0.496 e. The summed E-state index contributed by atoms with van der Waals surface area (Å²) in [5, 5.41) is 9.07. The molecule has 98 valence electrons. The fourth-order valence-electron chi connectivity index (χ4n) is 1.92. The predicted molar refractivity (Wildman–Crippen MR) is 71.9 cm³/mol. The van der Waals surface area contributed by atoms with Gasteiger partial charge in [0.05, 0.1) is 19.8 Å². The third kappa shape index (κ3) is 2.52. The highest BCUT2D eigenvalue weighted by Crippen LogP contribution is 2.36. The number of carboxylic acid groups (broad SMARTS) is 1. The predicted octanol–water partition coefficient (Wildman–Crippen LogP) is 3.07. The highest BCUT2D eigenvalue weighted by molar-refractivity contribution is 5.91. The maximum Gasteiger partial charge on any atom is 0.335 e. The number of aromatic carboxylic acids is 1. The van der Waals surface area contributed by atoms with Crippen molar-refractivity contribution < 1.29 is 19.4 Å².